The quantitative estimate of drug-likeness (QED) is 0.220. The average molecular weight is 628 g/mol. The largest absolute Gasteiger partial charge is 0.516 e. The SMILES string of the molecule is CCNC(=O)c1c(NC)nc(CC)n1Cc1c2ccocc-2c(Br)c1-c1ccccc1NS(=O)(=O)C(F)(F)F. The van der Waals surface area contributed by atoms with E-state index in [1.807, 2.05) is 6.92 Å². The van der Waals surface area contributed by atoms with Gasteiger partial charge in [0.05, 0.1) is 24.8 Å². The van der Waals surface area contributed by atoms with Crippen LogP contribution in [0, 0.1) is 0 Å². The lowest BCUT2D eigenvalue weighted by Crippen LogP contribution is -2.30. The van der Waals surface area contributed by atoms with Gasteiger partial charge in [-0.3, -0.25) is 9.52 Å². The van der Waals surface area contributed by atoms with Gasteiger partial charge in [0.15, 0.2) is 11.5 Å². The van der Waals surface area contributed by atoms with Gasteiger partial charge >= 0.3 is 15.5 Å². The fraction of sp³-hybridized carbons (Fsp3) is 0.280. The summed E-state index contributed by atoms with van der Waals surface area (Å²) in [4.78, 5) is 17.6. The van der Waals surface area contributed by atoms with E-state index in [0.717, 1.165) is 0 Å². The van der Waals surface area contributed by atoms with Crippen LogP contribution in [-0.4, -0.2) is 43.0 Å². The zero-order valence-corrected chi connectivity index (χ0v) is 23.5. The fourth-order valence-corrected chi connectivity index (χ4v) is 5.73. The first-order chi connectivity index (χ1) is 18.4. The number of fused-ring (bicyclic) bond motifs is 1. The lowest BCUT2D eigenvalue weighted by molar-refractivity contribution is -0.0429. The minimum atomic E-state index is -5.69. The number of carbonyl (C=O) groups is 1. The number of amides is 1. The normalized spacial score (nSPS) is 12.1. The van der Waals surface area contributed by atoms with Crippen LogP contribution in [0.2, 0.25) is 0 Å². The smallest absolute Gasteiger partial charge is 0.472 e. The number of aryl methyl sites for hydroxylation is 1. The third kappa shape index (κ3) is 5.22. The van der Waals surface area contributed by atoms with Crippen molar-refractivity contribution in [3.05, 3.63) is 64.4 Å². The molecule has 0 fully saturated rings. The summed E-state index contributed by atoms with van der Waals surface area (Å²) in [7, 11) is -4.04. The van der Waals surface area contributed by atoms with Gasteiger partial charge in [-0.25, -0.2) is 4.98 Å². The number of hydrogen-bond donors (Lipinski definition) is 3. The molecule has 0 radical (unpaired) electrons. The van der Waals surface area contributed by atoms with E-state index in [2.05, 4.69) is 31.5 Å². The van der Waals surface area contributed by atoms with Crippen LogP contribution in [0.3, 0.4) is 0 Å². The number of rotatable bonds is 9. The Kier molecular flexibility index (Phi) is 7.98. The van der Waals surface area contributed by atoms with Crippen LogP contribution in [0.25, 0.3) is 22.3 Å². The summed E-state index contributed by atoms with van der Waals surface area (Å²) in [5, 5.41) is 5.74. The standard InChI is InChI=1S/C25H25BrF3N5O4S/c1-4-19-32-23(30-3)22(24(35)31-5-2)34(19)12-16-14-10-11-38-13-17(14)21(26)20(16)15-8-6-7-9-18(15)33-39(36,37)25(27,28)29/h6-11,13,30,33H,4-5,12H2,1-3H3,(H,31,35). The lowest BCUT2D eigenvalue weighted by Gasteiger charge is -2.17. The molecule has 1 aromatic carbocycles. The molecule has 9 nitrogen and oxygen atoms in total. The van der Waals surface area contributed by atoms with Crippen molar-refractivity contribution in [3.8, 4) is 22.3 Å². The highest BCUT2D eigenvalue weighted by molar-refractivity contribution is 9.10. The summed E-state index contributed by atoms with van der Waals surface area (Å²) in [6.07, 6.45) is 3.42. The number of para-hydroxylation sites is 1. The number of nitrogens with zero attached hydrogens (tertiary/aromatic N) is 2. The Labute approximate surface area is 231 Å². The number of sulfonamides is 1. The number of halogens is 4. The van der Waals surface area contributed by atoms with Crippen LogP contribution in [0.4, 0.5) is 24.7 Å². The minimum Gasteiger partial charge on any atom is -0.472 e. The van der Waals surface area contributed by atoms with Crippen LogP contribution in [0.1, 0.15) is 35.7 Å². The highest BCUT2D eigenvalue weighted by Gasteiger charge is 2.46. The average Bonchev–Trinajstić information content (AvgIpc) is 3.38. The molecule has 2 heterocycles. The highest BCUT2D eigenvalue weighted by Crippen LogP contribution is 2.48. The Hall–Kier alpha value is -3.52. The molecule has 1 aliphatic carbocycles. The number of alkyl halides is 3. The first-order valence-corrected chi connectivity index (χ1v) is 14.1. The molecule has 1 amide bonds. The number of nitrogens with one attached hydrogen (secondary N) is 3. The van der Waals surface area contributed by atoms with E-state index < -0.39 is 15.5 Å². The Bertz CT molecular complexity index is 1600. The van der Waals surface area contributed by atoms with Crippen LogP contribution < -0.4 is 15.4 Å². The molecule has 0 spiro atoms. The molecular weight excluding hydrogens is 603 g/mol. The molecule has 0 saturated carbocycles. The zero-order valence-electron chi connectivity index (χ0n) is 21.1. The summed E-state index contributed by atoms with van der Waals surface area (Å²) < 4.78 is 73.0. The van der Waals surface area contributed by atoms with E-state index in [-0.39, 0.29) is 23.7 Å². The molecule has 4 rings (SSSR count). The van der Waals surface area contributed by atoms with Crippen LogP contribution in [0.15, 0.2) is 51.7 Å². The van der Waals surface area contributed by atoms with E-state index in [0.29, 0.717) is 57.0 Å². The van der Waals surface area contributed by atoms with E-state index in [1.54, 1.807) is 35.4 Å². The van der Waals surface area contributed by atoms with Crippen molar-refractivity contribution in [2.75, 3.05) is 23.6 Å². The van der Waals surface area contributed by atoms with Crippen molar-refractivity contribution >= 4 is 43.4 Å². The molecule has 3 N–H and O–H groups in total. The van der Waals surface area contributed by atoms with Gasteiger partial charge in [0.25, 0.3) is 5.91 Å². The third-order valence-corrected chi connectivity index (χ3v) is 8.01. The molecule has 2 aliphatic rings. The predicted octanol–water partition coefficient (Wildman–Crippen LogP) is 5.67. The first-order valence-electron chi connectivity index (χ1n) is 11.8. The van der Waals surface area contributed by atoms with Gasteiger partial charge in [-0.15, -0.1) is 0 Å². The molecule has 0 atom stereocenters. The van der Waals surface area contributed by atoms with Crippen molar-refractivity contribution < 1.29 is 30.8 Å². The maximum atomic E-state index is 13.2. The molecule has 39 heavy (non-hydrogen) atoms. The number of benzene rings is 1. The van der Waals surface area contributed by atoms with Crippen LogP contribution in [-0.2, 0) is 23.0 Å². The summed E-state index contributed by atoms with van der Waals surface area (Å²) in [5.74, 6) is 0.630. The molecule has 1 aromatic heterocycles. The number of anilines is 2. The molecule has 14 heteroatoms. The van der Waals surface area contributed by atoms with Gasteiger partial charge in [-0.05, 0) is 46.1 Å². The fourth-order valence-electron chi connectivity index (χ4n) is 4.39. The summed E-state index contributed by atoms with van der Waals surface area (Å²) >= 11 is 3.56. The molecule has 2 aromatic rings. The van der Waals surface area contributed by atoms with E-state index in [9.17, 15) is 26.4 Å². The van der Waals surface area contributed by atoms with Crippen LogP contribution in [0.5, 0.6) is 0 Å². The zero-order chi connectivity index (χ0) is 28.5. The molecule has 0 saturated heterocycles. The Morgan fingerprint density at radius 3 is 2.49 bits per heavy atom. The Morgan fingerprint density at radius 1 is 1.13 bits per heavy atom. The van der Waals surface area contributed by atoms with Crippen molar-refractivity contribution in [1.82, 2.24) is 14.9 Å². The molecule has 0 unspecified atom stereocenters. The van der Waals surface area contributed by atoms with Gasteiger partial charge in [-0.1, -0.05) is 25.1 Å². The van der Waals surface area contributed by atoms with Crippen LogP contribution >= 0.6 is 15.9 Å². The van der Waals surface area contributed by atoms with E-state index in [4.69, 9.17) is 4.42 Å². The topological polar surface area (TPSA) is 118 Å². The highest BCUT2D eigenvalue weighted by atomic mass is 79.9. The van der Waals surface area contributed by atoms with Gasteiger partial charge in [0.2, 0.25) is 0 Å². The van der Waals surface area contributed by atoms with Gasteiger partial charge in [0.1, 0.15) is 5.82 Å². The maximum absolute atomic E-state index is 13.2. The monoisotopic (exact) mass is 627 g/mol. The number of hydrogen-bond acceptors (Lipinski definition) is 6. The number of aromatic nitrogens is 2. The minimum absolute atomic E-state index is 0.103. The third-order valence-electron chi connectivity index (χ3n) is 6.09. The summed E-state index contributed by atoms with van der Waals surface area (Å²) in [5.41, 5.74) is -2.90. The van der Waals surface area contributed by atoms with Gasteiger partial charge in [0, 0.05) is 41.2 Å². The number of carbonyl (C=O) groups excluding carboxylic acids is 1. The Balaban J connectivity index is 1.98. The summed E-state index contributed by atoms with van der Waals surface area (Å²) in [6.45, 7) is 4.17. The maximum Gasteiger partial charge on any atom is 0.516 e. The molecule has 208 valence electrons. The summed E-state index contributed by atoms with van der Waals surface area (Å²) in [6, 6.07) is 7.50. The second-order valence-corrected chi connectivity index (χ2v) is 10.9. The second kappa shape index (κ2) is 10.9. The van der Waals surface area contributed by atoms with E-state index in [1.165, 1.54) is 30.7 Å². The van der Waals surface area contributed by atoms with Gasteiger partial charge < -0.3 is 19.6 Å². The van der Waals surface area contributed by atoms with Crippen molar-refractivity contribution in [3.63, 3.8) is 0 Å². The molecule has 0 bridgehead atoms. The van der Waals surface area contributed by atoms with Gasteiger partial charge in [-0.2, -0.15) is 21.6 Å². The molecule has 1 aliphatic heterocycles. The predicted molar refractivity (Wildman–Crippen MR) is 145 cm³/mol. The Morgan fingerprint density at radius 2 is 1.85 bits per heavy atom. The second-order valence-electron chi connectivity index (χ2n) is 8.42. The molecular formula is C25H25BrF3N5O4S. The first kappa shape index (κ1) is 28.5. The number of imidazole rings is 1. The van der Waals surface area contributed by atoms with Crippen molar-refractivity contribution in [2.45, 2.75) is 32.3 Å². The van der Waals surface area contributed by atoms with E-state index >= 15 is 0 Å². The van der Waals surface area contributed by atoms with Crippen molar-refractivity contribution in [1.29, 1.82) is 0 Å². The lowest BCUT2D eigenvalue weighted by atomic mass is 10.0. The van der Waals surface area contributed by atoms with Crippen molar-refractivity contribution in [2.24, 2.45) is 0 Å².